The summed E-state index contributed by atoms with van der Waals surface area (Å²) in [5.41, 5.74) is -0.998. The van der Waals surface area contributed by atoms with Crippen LogP contribution >= 0.6 is 12.4 Å². The summed E-state index contributed by atoms with van der Waals surface area (Å²) in [4.78, 5) is 12.4. The molecule has 1 aliphatic rings. The molecule has 0 radical (unpaired) electrons. The van der Waals surface area contributed by atoms with E-state index >= 15 is 0 Å². The highest BCUT2D eigenvalue weighted by Gasteiger charge is 2.32. The van der Waals surface area contributed by atoms with Crippen molar-refractivity contribution in [3.8, 4) is 5.75 Å². The lowest BCUT2D eigenvalue weighted by molar-refractivity contribution is -0.137. The van der Waals surface area contributed by atoms with Crippen LogP contribution in [-0.4, -0.2) is 31.6 Å². The van der Waals surface area contributed by atoms with Gasteiger partial charge in [-0.1, -0.05) is 12.7 Å². The van der Waals surface area contributed by atoms with Crippen molar-refractivity contribution in [2.24, 2.45) is 0 Å². The molecule has 2 N–H and O–H groups in total. The number of rotatable bonds is 5. The van der Waals surface area contributed by atoms with E-state index in [1.54, 1.807) is 0 Å². The fraction of sp³-hybridized carbons (Fsp3) is 0.438. The number of piperidine rings is 1. The Hall–Kier alpha value is -1.73. The van der Waals surface area contributed by atoms with Crippen LogP contribution < -0.4 is 15.4 Å². The van der Waals surface area contributed by atoms with E-state index in [1.165, 1.54) is 12.1 Å². The molecule has 1 aromatic rings. The summed E-state index contributed by atoms with van der Waals surface area (Å²) in [5.74, 6) is -0.456. The Labute approximate surface area is 144 Å². The predicted molar refractivity (Wildman–Crippen MR) is 87.7 cm³/mol. The average Bonchev–Trinajstić information content (AvgIpc) is 2.52. The summed E-state index contributed by atoms with van der Waals surface area (Å²) >= 11 is 0. The van der Waals surface area contributed by atoms with Gasteiger partial charge in [0.15, 0.2) is 0 Å². The molecule has 0 saturated carbocycles. The lowest BCUT2D eigenvalue weighted by Crippen LogP contribution is -2.45. The second-order valence-corrected chi connectivity index (χ2v) is 5.33. The summed E-state index contributed by atoms with van der Waals surface area (Å²) in [5, 5.41) is 5.89. The number of amides is 1. The van der Waals surface area contributed by atoms with Crippen molar-refractivity contribution in [1.29, 1.82) is 0 Å². The Morgan fingerprint density at radius 3 is 2.79 bits per heavy atom. The van der Waals surface area contributed by atoms with Crippen LogP contribution in [0.15, 0.2) is 30.9 Å². The minimum Gasteiger partial charge on any atom is -0.489 e. The van der Waals surface area contributed by atoms with E-state index in [4.69, 9.17) is 4.74 Å². The Morgan fingerprint density at radius 1 is 1.46 bits per heavy atom. The summed E-state index contributed by atoms with van der Waals surface area (Å²) < 4.78 is 43.9. The Kier molecular flexibility index (Phi) is 7.57. The SMILES string of the molecule is C=CCOc1ccc(C(F)(F)F)cc1C(=O)NC1CCCNC1.Cl. The molecule has 134 valence electrons. The second kappa shape index (κ2) is 8.94. The van der Waals surface area contributed by atoms with Crippen LogP contribution in [0.5, 0.6) is 5.75 Å². The molecule has 1 fully saturated rings. The smallest absolute Gasteiger partial charge is 0.416 e. The standard InChI is InChI=1S/C16H19F3N2O2.ClH/c1-2-8-23-14-6-5-11(16(17,18)19)9-13(14)15(22)21-12-4-3-7-20-10-12;/h2,5-6,9,12,20H,1,3-4,7-8,10H2,(H,21,22);1H. The van der Waals surface area contributed by atoms with Gasteiger partial charge in [-0.2, -0.15) is 13.2 Å². The average molecular weight is 365 g/mol. The van der Waals surface area contributed by atoms with E-state index in [9.17, 15) is 18.0 Å². The van der Waals surface area contributed by atoms with Crippen molar-refractivity contribution in [1.82, 2.24) is 10.6 Å². The Morgan fingerprint density at radius 2 is 2.21 bits per heavy atom. The van der Waals surface area contributed by atoms with Gasteiger partial charge in [0, 0.05) is 12.6 Å². The third-order valence-corrected chi connectivity index (χ3v) is 3.54. The van der Waals surface area contributed by atoms with E-state index < -0.39 is 17.6 Å². The number of benzene rings is 1. The fourth-order valence-electron chi connectivity index (χ4n) is 2.40. The number of hydrogen-bond donors (Lipinski definition) is 2. The van der Waals surface area contributed by atoms with Gasteiger partial charge in [-0.05, 0) is 37.6 Å². The summed E-state index contributed by atoms with van der Waals surface area (Å²) in [7, 11) is 0. The highest BCUT2D eigenvalue weighted by atomic mass is 35.5. The van der Waals surface area contributed by atoms with Crippen molar-refractivity contribution in [3.05, 3.63) is 42.0 Å². The first-order chi connectivity index (χ1) is 10.9. The molecule has 24 heavy (non-hydrogen) atoms. The predicted octanol–water partition coefficient (Wildman–Crippen LogP) is 3.17. The van der Waals surface area contributed by atoms with Crippen molar-refractivity contribution >= 4 is 18.3 Å². The number of alkyl halides is 3. The van der Waals surface area contributed by atoms with E-state index in [-0.39, 0.29) is 36.4 Å². The maximum atomic E-state index is 12.9. The molecule has 0 aliphatic carbocycles. The van der Waals surface area contributed by atoms with E-state index in [0.717, 1.165) is 31.5 Å². The highest BCUT2D eigenvalue weighted by molar-refractivity contribution is 5.97. The van der Waals surface area contributed by atoms with Crippen LogP contribution in [0.1, 0.15) is 28.8 Å². The first kappa shape index (κ1) is 20.3. The molecular weight excluding hydrogens is 345 g/mol. The second-order valence-electron chi connectivity index (χ2n) is 5.33. The minimum atomic E-state index is -4.52. The van der Waals surface area contributed by atoms with Crippen molar-refractivity contribution in [2.75, 3.05) is 19.7 Å². The van der Waals surface area contributed by atoms with E-state index in [1.807, 2.05) is 0 Å². The fourth-order valence-corrected chi connectivity index (χ4v) is 2.40. The van der Waals surface area contributed by atoms with Crippen LogP contribution in [0.3, 0.4) is 0 Å². The van der Waals surface area contributed by atoms with Gasteiger partial charge in [0.25, 0.3) is 5.91 Å². The van der Waals surface area contributed by atoms with Gasteiger partial charge in [0.2, 0.25) is 0 Å². The molecule has 0 aromatic heterocycles. The first-order valence-electron chi connectivity index (χ1n) is 7.38. The Bertz CT molecular complexity index is 573. The zero-order valence-corrected chi connectivity index (χ0v) is 13.8. The van der Waals surface area contributed by atoms with Crippen LogP contribution in [0.4, 0.5) is 13.2 Å². The lowest BCUT2D eigenvalue weighted by Gasteiger charge is -2.24. The normalized spacial score (nSPS) is 17.5. The van der Waals surface area contributed by atoms with E-state index in [2.05, 4.69) is 17.2 Å². The molecule has 1 unspecified atom stereocenters. The number of carbonyl (C=O) groups excluding carboxylic acids is 1. The van der Waals surface area contributed by atoms with Crippen molar-refractivity contribution < 1.29 is 22.7 Å². The maximum absolute atomic E-state index is 12.9. The van der Waals surface area contributed by atoms with Crippen LogP contribution in [0, 0.1) is 0 Å². The molecule has 1 heterocycles. The molecule has 8 heteroatoms. The molecule has 4 nitrogen and oxygen atoms in total. The zero-order valence-electron chi connectivity index (χ0n) is 13.0. The summed E-state index contributed by atoms with van der Waals surface area (Å²) in [6, 6.07) is 2.79. The van der Waals surface area contributed by atoms with Gasteiger partial charge in [-0.25, -0.2) is 0 Å². The van der Waals surface area contributed by atoms with Gasteiger partial charge in [0.05, 0.1) is 11.1 Å². The van der Waals surface area contributed by atoms with Gasteiger partial charge in [-0.15, -0.1) is 12.4 Å². The van der Waals surface area contributed by atoms with Crippen LogP contribution in [0.2, 0.25) is 0 Å². The van der Waals surface area contributed by atoms with Crippen molar-refractivity contribution in [3.63, 3.8) is 0 Å². The van der Waals surface area contributed by atoms with Gasteiger partial charge in [0.1, 0.15) is 12.4 Å². The topological polar surface area (TPSA) is 50.4 Å². The zero-order chi connectivity index (χ0) is 16.9. The summed E-state index contributed by atoms with van der Waals surface area (Å²) in [6.45, 7) is 5.08. The largest absolute Gasteiger partial charge is 0.489 e. The molecule has 2 rings (SSSR count). The molecule has 0 bridgehead atoms. The molecule has 1 amide bonds. The molecule has 1 aliphatic heterocycles. The number of ether oxygens (including phenoxy) is 1. The number of nitrogens with one attached hydrogen (secondary N) is 2. The highest BCUT2D eigenvalue weighted by Crippen LogP contribution is 2.32. The maximum Gasteiger partial charge on any atom is 0.416 e. The number of carbonyl (C=O) groups is 1. The molecule has 0 spiro atoms. The molecule has 1 aromatic carbocycles. The van der Waals surface area contributed by atoms with Gasteiger partial charge >= 0.3 is 6.18 Å². The quantitative estimate of drug-likeness (QED) is 0.789. The Balaban J connectivity index is 0.00000288. The monoisotopic (exact) mass is 364 g/mol. The summed E-state index contributed by atoms with van der Waals surface area (Å²) in [6.07, 6.45) is -1.35. The first-order valence-corrected chi connectivity index (χ1v) is 7.38. The van der Waals surface area contributed by atoms with Gasteiger partial charge < -0.3 is 15.4 Å². The lowest BCUT2D eigenvalue weighted by atomic mass is 10.1. The molecule has 1 saturated heterocycles. The number of halogens is 4. The minimum absolute atomic E-state index is 0. The van der Waals surface area contributed by atoms with Crippen LogP contribution in [0.25, 0.3) is 0 Å². The molecule has 1 atom stereocenters. The van der Waals surface area contributed by atoms with Crippen molar-refractivity contribution in [2.45, 2.75) is 25.1 Å². The van der Waals surface area contributed by atoms with E-state index in [0.29, 0.717) is 6.54 Å². The third kappa shape index (κ3) is 5.42. The van der Waals surface area contributed by atoms with Gasteiger partial charge in [-0.3, -0.25) is 4.79 Å². The third-order valence-electron chi connectivity index (χ3n) is 3.54. The van der Waals surface area contributed by atoms with Crippen LogP contribution in [-0.2, 0) is 6.18 Å². The molecular formula is C16H20ClF3N2O2. The number of hydrogen-bond acceptors (Lipinski definition) is 3.